The van der Waals surface area contributed by atoms with Crippen molar-refractivity contribution < 1.29 is 23.2 Å². The van der Waals surface area contributed by atoms with Crippen LogP contribution in [-0.2, 0) is 11.2 Å². The number of furan rings is 2. The first-order chi connectivity index (χ1) is 11.6. The maximum absolute atomic E-state index is 12.0. The number of hydrazine groups is 1. The normalized spacial score (nSPS) is 10.6. The molecule has 0 radical (unpaired) electrons. The van der Waals surface area contributed by atoms with Gasteiger partial charge in [0, 0.05) is 17.0 Å². The van der Waals surface area contributed by atoms with Crippen LogP contribution >= 0.6 is 0 Å². The van der Waals surface area contributed by atoms with Crippen LogP contribution in [0.15, 0.2) is 45.6 Å². The van der Waals surface area contributed by atoms with Crippen LogP contribution in [0.2, 0.25) is 0 Å². The number of rotatable bonds is 4. The van der Waals surface area contributed by atoms with E-state index in [1.807, 2.05) is 6.07 Å². The number of methoxy groups -OCH3 is 1. The summed E-state index contributed by atoms with van der Waals surface area (Å²) < 4.78 is 15.6. The lowest BCUT2D eigenvalue weighted by atomic mass is 10.1. The Hall–Kier alpha value is -3.22. The Bertz CT molecular complexity index is 893. The predicted octanol–water partition coefficient (Wildman–Crippen LogP) is 2.35. The summed E-state index contributed by atoms with van der Waals surface area (Å²) in [7, 11) is 1.57. The lowest BCUT2D eigenvalue weighted by Gasteiger charge is -2.06. The number of amides is 2. The average molecular weight is 328 g/mol. The van der Waals surface area contributed by atoms with Gasteiger partial charge in [0.25, 0.3) is 5.91 Å². The van der Waals surface area contributed by atoms with Crippen molar-refractivity contribution in [3.63, 3.8) is 0 Å². The smallest absolute Gasteiger partial charge is 0.273 e. The monoisotopic (exact) mass is 328 g/mol. The highest BCUT2D eigenvalue weighted by Crippen LogP contribution is 2.25. The molecule has 0 aliphatic heterocycles. The standard InChI is InChI=1S/C17H16N2O5/c1-10-13(5-6-23-10)17(21)19-18-16(20)7-11-9-24-15-8-12(22-2)3-4-14(11)15/h3-6,8-9H,7H2,1-2H3,(H,18,20)(H,19,21). The van der Waals surface area contributed by atoms with Crippen LogP contribution in [0.5, 0.6) is 5.75 Å². The number of ether oxygens (including phenoxy) is 1. The van der Waals surface area contributed by atoms with E-state index >= 15 is 0 Å². The van der Waals surface area contributed by atoms with Gasteiger partial charge >= 0.3 is 0 Å². The van der Waals surface area contributed by atoms with E-state index in [-0.39, 0.29) is 12.3 Å². The summed E-state index contributed by atoms with van der Waals surface area (Å²) >= 11 is 0. The zero-order valence-electron chi connectivity index (χ0n) is 13.2. The third-order valence-corrected chi connectivity index (χ3v) is 3.63. The van der Waals surface area contributed by atoms with Gasteiger partial charge in [0.2, 0.25) is 5.91 Å². The van der Waals surface area contributed by atoms with Gasteiger partial charge in [0.15, 0.2) is 0 Å². The minimum absolute atomic E-state index is 0.0734. The fourth-order valence-corrected chi connectivity index (χ4v) is 2.36. The summed E-state index contributed by atoms with van der Waals surface area (Å²) in [5.74, 6) is 0.367. The molecule has 7 heteroatoms. The number of fused-ring (bicyclic) bond motifs is 1. The van der Waals surface area contributed by atoms with Crippen LogP contribution in [0.1, 0.15) is 21.7 Å². The summed E-state index contributed by atoms with van der Waals surface area (Å²) in [6.45, 7) is 1.67. The number of carbonyl (C=O) groups is 2. The molecule has 0 aliphatic carbocycles. The van der Waals surface area contributed by atoms with Crippen molar-refractivity contribution in [3.8, 4) is 5.75 Å². The van der Waals surface area contributed by atoms with Gasteiger partial charge in [-0.1, -0.05) is 0 Å². The number of nitrogens with one attached hydrogen (secondary N) is 2. The predicted molar refractivity (Wildman–Crippen MR) is 85.5 cm³/mol. The zero-order chi connectivity index (χ0) is 17.1. The first-order valence-corrected chi connectivity index (χ1v) is 7.26. The second kappa shape index (κ2) is 6.49. The molecule has 7 nitrogen and oxygen atoms in total. The van der Waals surface area contributed by atoms with Crippen molar-refractivity contribution in [1.82, 2.24) is 10.9 Å². The fraction of sp³-hybridized carbons (Fsp3) is 0.176. The second-order valence-electron chi connectivity index (χ2n) is 5.19. The maximum atomic E-state index is 12.0. The van der Waals surface area contributed by atoms with E-state index in [2.05, 4.69) is 10.9 Å². The number of hydrogen-bond acceptors (Lipinski definition) is 5. The molecule has 2 aromatic heterocycles. The Morgan fingerprint density at radius 2 is 2.00 bits per heavy atom. The molecule has 24 heavy (non-hydrogen) atoms. The third-order valence-electron chi connectivity index (χ3n) is 3.63. The molecule has 0 fully saturated rings. The molecular formula is C17H16N2O5. The molecule has 0 atom stereocenters. The van der Waals surface area contributed by atoms with Crippen LogP contribution in [-0.4, -0.2) is 18.9 Å². The van der Waals surface area contributed by atoms with Crippen molar-refractivity contribution in [2.75, 3.05) is 7.11 Å². The van der Waals surface area contributed by atoms with E-state index in [1.165, 1.54) is 18.6 Å². The largest absolute Gasteiger partial charge is 0.497 e. The van der Waals surface area contributed by atoms with E-state index in [9.17, 15) is 9.59 Å². The van der Waals surface area contributed by atoms with Crippen LogP contribution in [0.25, 0.3) is 11.0 Å². The average Bonchev–Trinajstić information content (AvgIpc) is 3.18. The molecule has 1 aromatic carbocycles. The van der Waals surface area contributed by atoms with Crippen LogP contribution in [0, 0.1) is 6.92 Å². The number of aryl methyl sites for hydroxylation is 1. The van der Waals surface area contributed by atoms with Gasteiger partial charge in [-0.25, -0.2) is 0 Å². The SMILES string of the molecule is COc1ccc2c(CC(=O)NNC(=O)c3ccoc3C)coc2c1. The van der Waals surface area contributed by atoms with Crippen LogP contribution in [0.3, 0.4) is 0 Å². The van der Waals surface area contributed by atoms with Crippen LogP contribution in [0.4, 0.5) is 0 Å². The van der Waals surface area contributed by atoms with Gasteiger partial charge in [-0.3, -0.25) is 20.4 Å². The summed E-state index contributed by atoms with van der Waals surface area (Å²) in [6.07, 6.45) is 3.01. The van der Waals surface area contributed by atoms with Gasteiger partial charge in [-0.05, 0) is 25.1 Å². The quantitative estimate of drug-likeness (QED) is 0.717. The molecule has 2 heterocycles. The first kappa shape index (κ1) is 15.7. The number of benzene rings is 1. The van der Waals surface area contributed by atoms with Crippen LogP contribution < -0.4 is 15.6 Å². The Morgan fingerprint density at radius 3 is 2.71 bits per heavy atom. The molecule has 3 rings (SSSR count). The topological polar surface area (TPSA) is 93.7 Å². The van der Waals surface area contributed by atoms with Gasteiger partial charge in [0.1, 0.15) is 17.1 Å². The summed E-state index contributed by atoms with van der Waals surface area (Å²) in [6, 6.07) is 6.91. The lowest BCUT2D eigenvalue weighted by Crippen LogP contribution is -2.42. The molecule has 3 aromatic rings. The van der Waals surface area contributed by atoms with E-state index in [0.29, 0.717) is 22.7 Å². The van der Waals surface area contributed by atoms with Crippen molar-refractivity contribution >= 4 is 22.8 Å². The molecule has 0 spiro atoms. The summed E-state index contributed by atoms with van der Waals surface area (Å²) in [4.78, 5) is 23.9. The number of hydrogen-bond donors (Lipinski definition) is 2. The summed E-state index contributed by atoms with van der Waals surface area (Å²) in [5, 5.41) is 0.822. The Kier molecular flexibility index (Phi) is 4.24. The highest BCUT2D eigenvalue weighted by molar-refractivity contribution is 5.96. The minimum atomic E-state index is -0.434. The van der Waals surface area contributed by atoms with Crippen molar-refractivity contribution in [3.05, 3.63) is 53.7 Å². The molecule has 0 saturated carbocycles. The van der Waals surface area contributed by atoms with Gasteiger partial charge in [-0.2, -0.15) is 0 Å². The van der Waals surface area contributed by atoms with E-state index < -0.39 is 5.91 Å². The Balaban J connectivity index is 1.63. The Labute approximate surface area is 137 Å². The molecule has 2 N–H and O–H groups in total. The van der Waals surface area contributed by atoms with E-state index in [4.69, 9.17) is 13.6 Å². The molecule has 124 valence electrons. The van der Waals surface area contributed by atoms with E-state index in [0.717, 1.165) is 10.9 Å². The Morgan fingerprint density at radius 1 is 1.17 bits per heavy atom. The molecular weight excluding hydrogens is 312 g/mol. The molecule has 2 amide bonds. The lowest BCUT2D eigenvalue weighted by molar-refractivity contribution is -0.121. The molecule has 0 saturated heterocycles. The third kappa shape index (κ3) is 3.10. The van der Waals surface area contributed by atoms with Gasteiger partial charge in [-0.15, -0.1) is 0 Å². The second-order valence-corrected chi connectivity index (χ2v) is 5.19. The van der Waals surface area contributed by atoms with Gasteiger partial charge in [0.05, 0.1) is 31.6 Å². The molecule has 0 bridgehead atoms. The van der Waals surface area contributed by atoms with E-state index in [1.54, 1.807) is 26.2 Å². The number of carbonyl (C=O) groups excluding carboxylic acids is 2. The zero-order valence-corrected chi connectivity index (χ0v) is 13.2. The van der Waals surface area contributed by atoms with Crippen molar-refractivity contribution in [2.45, 2.75) is 13.3 Å². The van der Waals surface area contributed by atoms with Gasteiger partial charge < -0.3 is 13.6 Å². The highest BCUT2D eigenvalue weighted by atomic mass is 16.5. The van der Waals surface area contributed by atoms with Crippen molar-refractivity contribution in [1.29, 1.82) is 0 Å². The highest BCUT2D eigenvalue weighted by Gasteiger charge is 2.14. The van der Waals surface area contributed by atoms with Crippen molar-refractivity contribution in [2.24, 2.45) is 0 Å². The molecule has 0 unspecified atom stereocenters. The summed E-state index contributed by atoms with van der Waals surface area (Å²) in [5.41, 5.74) is 6.46. The molecule has 0 aliphatic rings. The minimum Gasteiger partial charge on any atom is -0.497 e. The first-order valence-electron chi connectivity index (χ1n) is 7.26. The fourth-order valence-electron chi connectivity index (χ4n) is 2.36. The maximum Gasteiger partial charge on any atom is 0.273 e.